The van der Waals surface area contributed by atoms with Crippen molar-refractivity contribution in [3.63, 3.8) is 0 Å². The summed E-state index contributed by atoms with van der Waals surface area (Å²) >= 11 is 1.44. The molecule has 0 radical (unpaired) electrons. The van der Waals surface area contributed by atoms with Crippen molar-refractivity contribution in [1.29, 1.82) is 0 Å². The van der Waals surface area contributed by atoms with Crippen molar-refractivity contribution in [2.75, 3.05) is 0 Å². The van der Waals surface area contributed by atoms with Crippen molar-refractivity contribution >= 4 is 29.5 Å². The molecule has 2 aliphatic rings. The van der Waals surface area contributed by atoms with Crippen molar-refractivity contribution in [3.8, 4) is 0 Å². The summed E-state index contributed by atoms with van der Waals surface area (Å²) in [4.78, 5) is 51.1. The zero-order valence-electron chi connectivity index (χ0n) is 18.1. The fourth-order valence-corrected chi connectivity index (χ4v) is 5.64. The van der Waals surface area contributed by atoms with Crippen molar-refractivity contribution in [1.82, 2.24) is 10.2 Å². The van der Waals surface area contributed by atoms with E-state index in [1.165, 1.54) is 23.6 Å². The lowest BCUT2D eigenvalue weighted by Gasteiger charge is -2.44. The van der Waals surface area contributed by atoms with Crippen LogP contribution in [0.2, 0.25) is 0 Å². The van der Waals surface area contributed by atoms with Crippen LogP contribution in [-0.4, -0.2) is 44.9 Å². The third-order valence-electron chi connectivity index (χ3n) is 5.84. The van der Waals surface area contributed by atoms with E-state index in [2.05, 4.69) is 5.32 Å². The van der Waals surface area contributed by atoms with Gasteiger partial charge in [0.15, 0.2) is 18.1 Å². The highest BCUT2D eigenvalue weighted by Gasteiger charge is 2.64. The number of ether oxygens (including phenoxy) is 1. The highest BCUT2D eigenvalue weighted by atomic mass is 32.2. The van der Waals surface area contributed by atoms with Crippen molar-refractivity contribution < 1.29 is 28.0 Å². The van der Waals surface area contributed by atoms with E-state index < -0.39 is 34.5 Å². The number of β-lactam (4-membered cyclic amide) rings is 1. The summed E-state index contributed by atoms with van der Waals surface area (Å²) in [5.41, 5.74) is 0.857. The number of esters is 1. The first-order valence-electron chi connectivity index (χ1n) is 10.2. The minimum Gasteiger partial charge on any atom is -0.456 e. The van der Waals surface area contributed by atoms with Gasteiger partial charge in [0.2, 0.25) is 11.8 Å². The molecule has 2 amide bonds. The minimum atomic E-state index is -0.869. The van der Waals surface area contributed by atoms with Crippen LogP contribution in [-0.2, 0) is 25.7 Å². The SMILES string of the molecule is Cc1oc(=O)oc1COC(=O)[C@@H]1N2C(=O)[C@@H](NC(=O)[C@H](C)c3ccccc3)[C@H]2SC1(C)C. The summed E-state index contributed by atoms with van der Waals surface area (Å²) in [7, 11) is 0. The summed E-state index contributed by atoms with van der Waals surface area (Å²) in [5.74, 6) is -2.10. The number of carbonyl (C=O) groups is 3. The quantitative estimate of drug-likeness (QED) is 0.513. The van der Waals surface area contributed by atoms with E-state index in [0.717, 1.165) is 5.56 Å². The van der Waals surface area contributed by atoms with Crippen LogP contribution in [0.25, 0.3) is 0 Å². The second-order valence-electron chi connectivity index (χ2n) is 8.42. The molecule has 0 saturated carbocycles. The molecule has 2 saturated heterocycles. The molecule has 4 atom stereocenters. The number of nitrogens with one attached hydrogen (secondary N) is 1. The molecule has 1 aromatic carbocycles. The van der Waals surface area contributed by atoms with E-state index in [-0.39, 0.29) is 35.3 Å². The maximum atomic E-state index is 12.9. The first kappa shape index (κ1) is 22.2. The van der Waals surface area contributed by atoms with Gasteiger partial charge in [-0.15, -0.1) is 11.8 Å². The summed E-state index contributed by atoms with van der Waals surface area (Å²) in [5, 5.41) is 2.47. The Bertz CT molecular complexity index is 1110. The predicted molar refractivity (Wildman–Crippen MR) is 115 cm³/mol. The monoisotopic (exact) mass is 460 g/mol. The molecule has 9 nitrogen and oxygen atoms in total. The molecule has 0 aliphatic carbocycles. The van der Waals surface area contributed by atoms with Gasteiger partial charge in [-0.2, -0.15) is 0 Å². The number of rotatable bonds is 6. The molecule has 1 N–H and O–H groups in total. The van der Waals surface area contributed by atoms with Crippen LogP contribution in [0.1, 0.15) is 43.8 Å². The Morgan fingerprint density at radius 1 is 1.22 bits per heavy atom. The summed E-state index contributed by atoms with van der Waals surface area (Å²) < 4.78 is 14.3. The van der Waals surface area contributed by atoms with Crippen LogP contribution < -0.4 is 11.1 Å². The highest BCUT2D eigenvalue weighted by molar-refractivity contribution is 8.01. The lowest BCUT2D eigenvalue weighted by molar-refractivity contribution is -0.165. The Morgan fingerprint density at radius 2 is 1.91 bits per heavy atom. The summed E-state index contributed by atoms with van der Waals surface area (Å²) in [6, 6.07) is 7.78. The van der Waals surface area contributed by atoms with Crippen LogP contribution in [0, 0.1) is 6.92 Å². The smallest absolute Gasteiger partial charge is 0.456 e. The molecule has 2 aromatic rings. The van der Waals surface area contributed by atoms with Gasteiger partial charge in [-0.05, 0) is 33.3 Å². The van der Waals surface area contributed by atoms with Crippen LogP contribution in [0.15, 0.2) is 44.0 Å². The fourth-order valence-electron chi connectivity index (χ4n) is 4.02. The van der Waals surface area contributed by atoms with Crippen molar-refractivity contribution in [3.05, 3.63) is 58.0 Å². The Labute approximate surface area is 188 Å². The maximum Gasteiger partial charge on any atom is 0.519 e. The molecule has 0 bridgehead atoms. The number of hydrogen-bond acceptors (Lipinski definition) is 8. The molecule has 2 aliphatic heterocycles. The van der Waals surface area contributed by atoms with Gasteiger partial charge in [0.05, 0.1) is 5.92 Å². The lowest BCUT2D eigenvalue weighted by Crippen LogP contribution is -2.71. The first-order valence-corrected chi connectivity index (χ1v) is 11.1. The molecule has 2 fully saturated rings. The second kappa shape index (κ2) is 8.16. The highest BCUT2D eigenvalue weighted by Crippen LogP contribution is 2.51. The average molecular weight is 461 g/mol. The van der Waals surface area contributed by atoms with Crippen LogP contribution >= 0.6 is 11.8 Å². The predicted octanol–water partition coefficient (Wildman–Crippen LogP) is 1.94. The third kappa shape index (κ3) is 3.83. The number of nitrogens with zero attached hydrogens (tertiary/aromatic N) is 1. The van der Waals surface area contributed by atoms with E-state index in [0.29, 0.717) is 0 Å². The first-order chi connectivity index (χ1) is 15.1. The molecule has 0 unspecified atom stereocenters. The Balaban J connectivity index is 1.42. The Morgan fingerprint density at radius 3 is 2.53 bits per heavy atom. The molecule has 32 heavy (non-hydrogen) atoms. The van der Waals surface area contributed by atoms with E-state index in [1.807, 2.05) is 44.2 Å². The van der Waals surface area contributed by atoms with Gasteiger partial charge in [-0.3, -0.25) is 9.59 Å². The van der Waals surface area contributed by atoms with Crippen LogP contribution in [0.3, 0.4) is 0 Å². The maximum absolute atomic E-state index is 12.9. The lowest BCUT2D eigenvalue weighted by atomic mass is 9.95. The molecule has 170 valence electrons. The number of thioether (sulfide) groups is 1. The average Bonchev–Trinajstić information content (AvgIpc) is 3.22. The number of benzene rings is 1. The van der Waals surface area contributed by atoms with Gasteiger partial charge in [-0.25, -0.2) is 9.59 Å². The zero-order chi connectivity index (χ0) is 23.2. The van der Waals surface area contributed by atoms with Crippen molar-refractivity contribution in [2.24, 2.45) is 0 Å². The Kier molecular flexibility index (Phi) is 5.66. The molecule has 3 heterocycles. The number of hydrogen-bond donors (Lipinski definition) is 1. The Hall–Kier alpha value is -3.01. The zero-order valence-corrected chi connectivity index (χ0v) is 18.9. The molecule has 1 aromatic heterocycles. The topological polar surface area (TPSA) is 119 Å². The van der Waals surface area contributed by atoms with Gasteiger partial charge in [0.25, 0.3) is 0 Å². The number of fused-ring (bicyclic) bond motifs is 1. The molecule has 0 spiro atoms. The number of aryl methyl sites for hydroxylation is 1. The fraction of sp³-hybridized carbons (Fsp3) is 0.455. The summed E-state index contributed by atoms with van der Waals surface area (Å²) in [6.07, 6.45) is 0. The van der Waals surface area contributed by atoms with E-state index >= 15 is 0 Å². The van der Waals surface area contributed by atoms with E-state index in [1.54, 1.807) is 6.92 Å². The molecular weight excluding hydrogens is 436 g/mol. The van der Waals surface area contributed by atoms with E-state index in [4.69, 9.17) is 13.6 Å². The van der Waals surface area contributed by atoms with Gasteiger partial charge < -0.3 is 23.8 Å². The van der Waals surface area contributed by atoms with Crippen LogP contribution in [0.5, 0.6) is 0 Å². The molecule has 4 rings (SSSR count). The van der Waals surface area contributed by atoms with Gasteiger partial charge >= 0.3 is 11.8 Å². The minimum absolute atomic E-state index is 0.123. The van der Waals surface area contributed by atoms with Gasteiger partial charge in [0.1, 0.15) is 17.5 Å². The molecule has 10 heteroatoms. The number of amides is 2. The standard InChI is InChI=1S/C22H24N2O7S/c1-11(13-8-6-5-7-9-13)17(25)23-15-18(26)24-16(22(3,4)32-19(15)24)20(27)29-10-14-12(2)30-21(28)31-14/h5-9,11,15-16,19H,10H2,1-4H3,(H,23,25)/t11-,15-,16+,19-/m1/s1. The van der Waals surface area contributed by atoms with Gasteiger partial charge in [0, 0.05) is 4.75 Å². The van der Waals surface area contributed by atoms with Crippen LogP contribution in [0.4, 0.5) is 0 Å². The third-order valence-corrected chi connectivity index (χ3v) is 7.41. The normalized spacial score (nSPS) is 24.4. The largest absolute Gasteiger partial charge is 0.519 e. The van der Waals surface area contributed by atoms with Gasteiger partial charge in [-0.1, -0.05) is 30.3 Å². The van der Waals surface area contributed by atoms with E-state index in [9.17, 15) is 19.2 Å². The van der Waals surface area contributed by atoms with Crippen molar-refractivity contribution in [2.45, 2.75) is 62.4 Å². The molecular formula is C22H24N2O7S. The number of carbonyl (C=O) groups excluding carboxylic acids is 3. The summed E-state index contributed by atoms with van der Waals surface area (Å²) in [6.45, 7) is 6.75. The second-order valence-corrected chi connectivity index (χ2v) is 10.2.